The number of hydrogen-bond donors (Lipinski definition) is 2. The molecule has 2 N–H and O–H groups in total. The SMILES string of the molecule is Cc1c(F)cccc1C/C=C(\CCC(=O)NO)c1cnn(CC(F)(F)F)c1. The molecule has 27 heavy (non-hydrogen) atoms. The first-order valence-corrected chi connectivity index (χ1v) is 8.15. The highest BCUT2D eigenvalue weighted by atomic mass is 19.4. The first-order valence-electron chi connectivity index (χ1n) is 8.15. The van der Waals surface area contributed by atoms with Gasteiger partial charge in [-0.05, 0) is 42.5 Å². The number of alkyl halides is 3. The number of carbonyl (C=O) groups excluding carboxylic acids is 1. The average Bonchev–Trinajstić information content (AvgIpc) is 3.04. The molecular formula is C18H19F4N3O2. The van der Waals surface area contributed by atoms with Crippen molar-refractivity contribution in [3.63, 3.8) is 0 Å². The van der Waals surface area contributed by atoms with Crippen molar-refractivity contribution in [1.29, 1.82) is 0 Å². The highest BCUT2D eigenvalue weighted by Gasteiger charge is 2.28. The minimum absolute atomic E-state index is 0.0606. The lowest BCUT2D eigenvalue weighted by atomic mass is 9.99. The van der Waals surface area contributed by atoms with Crippen LogP contribution in [0.2, 0.25) is 0 Å². The van der Waals surface area contributed by atoms with E-state index in [0.29, 0.717) is 23.1 Å². The number of rotatable bonds is 7. The predicted octanol–water partition coefficient (Wildman–Crippen LogP) is 3.80. The van der Waals surface area contributed by atoms with Crippen molar-refractivity contribution >= 4 is 11.5 Å². The molecule has 2 aromatic rings. The summed E-state index contributed by atoms with van der Waals surface area (Å²) in [6.45, 7) is 0.416. The van der Waals surface area contributed by atoms with E-state index < -0.39 is 18.6 Å². The Bertz CT molecular complexity index is 828. The van der Waals surface area contributed by atoms with Gasteiger partial charge in [0.1, 0.15) is 12.4 Å². The van der Waals surface area contributed by atoms with Gasteiger partial charge in [0.05, 0.1) is 6.20 Å². The van der Waals surface area contributed by atoms with Gasteiger partial charge < -0.3 is 0 Å². The van der Waals surface area contributed by atoms with Gasteiger partial charge in [0.25, 0.3) is 0 Å². The Morgan fingerprint density at radius 1 is 1.33 bits per heavy atom. The maximum atomic E-state index is 13.7. The average molecular weight is 385 g/mol. The van der Waals surface area contributed by atoms with Crippen molar-refractivity contribution in [1.82, 2.24) is 15.3 Å². The lowest BCUT2D eigenvalue weighted by Crippen LogP contribution is -2.18. The Morgan fingerprint density at radius 2 is 2.07 bits per heavy atom. The summed E-state index contributed by atoms with van der Waals surface area (Å²) in [5.74, 6) is -0.967. The first kappa shape index (κ1) is 20.6. The maximum absolute atomic E-state index is 13.7. The van der Waals surface area contributed by atoms with Crippen LogP contribution < -0.4 is 5.48 Å². The molecule has 5 nitrogen and oxygen atoms in total. The molecule has 0 fully saturated rings. The number of benzene rings is 1. The zero-order valence-electron chi connectivity index (χ0n) is 14.6. The molecule has 0 saturated heterocycles. The fraction of sp³-hybridized carbons (Fsp3) is 0.333. The summed E-state index contributed by atoms with van der Waals surface area (Å²) >= 11 is 0. The number of nitrogens with zero attached hydrogens (tertiary/aromatic N) is 2. The Kier molecular flexibility index (Phi) is 6.73. The lowest BCUT2D eigenvalue weighted by Gasteiger charge is -2.08. The summed E-state index contributed by atoms with van der Waals surface area (Å²) in [4.78, 5) is 11.3. The van der Waals surface area contributed by atoms with E-state index in [4.69, 9.17) is 5.21 Å². The van der Waals surface area contributed by atoms with Gasteiger partial charge in [-0.2, -0.15) is 18.3 Å². The van der Waals surface area contributed by atoms with Crippen molar-refractivity contribution in [3.8, 4) is 0 Å². The van der Waals surface area contributed by atoms with Gasteiger partial charge in [-0.25, -0.2) is 9.87 Å². The van der Waals surface area contributed by atoms with Crippen LogP contribution in [0, 0.1) is 12.7 Å². The number of carbonyl (C=O) groups is 1. The minimum Gasteiger partial charge on any atom is -0.289 e. The summed E-state index contributed by atoms with van der Waals surface area (Å²) in [6, 6.07) is 4.67. The zero-order chi connectivity index (χ0) is 20.0. The molecule has 0 spiro atoms. The first-order chi connectivity index (χ1) is 12.7. The topological polar surface area (TPSA) is 67.2 Å². The highest BCUT2D eigenvalue weighted by molar-refractivity contribution is 5.77. The monoisotopic (exact) mass is 385 g/mol. The Morgan fingerprint density at radius 3 is 2.74 bits per heavy atom. The summed E-state index contributed by atoms with van der Waals surface area (Å²) in [7, 11) is 0. The van der Waals surface area contributed by atoms with Crippen LogP contribution in [-0.4, -0.2) is 27.1 Å². The van der Waals surface area contributed by atoms with Crippen LogP contribution in [0.15, 0.2) is 36.7 Å². The van der Waals surface area contributed by atoms with Crippen molar-refractivity contribution < 1.29 is 27.6 Å². The standard InChI is InChI=1S/C18H19F4N3O2/c1-12-13(3-2-4-16(12)19)5-6-14(7-8-17(26)24-27)15-9-23-25(10-15)11-18(20,21)22/h2-4,6,9-10,27H,5,7-8,11H2,1H3,(H,24,26)/b14-6+. The molecule has 0 aliphatic rings. The van der Waals surface area contributed by atoms with Crippen LogP contribution >= 0.6 is 0 Å². The molecule has 9 heteroatoms. The van der Waals surface area contributed by atoms with E-state index in [1.54, 1.807) is 25.1 Å². The fourth-order valence-corrected chi connectivity index (χ4v) is 2.57. The number of halogens is 4. The molecule has 0 unspecified atom stereocenters. The molecular weight excluding hydrogens is 366 g/mol. The number of hydrogen-bond acceptors (Lipinski definition) is 3. The van der Waals surface area contributed by atoms with E-state index in [1.807, 2.05) is 0 Å². The second-order valence-corrected chi connectivity index (χ2v) is 6.03. The predicted molar refractivity (Wildman–Crippen MR) is 90.3 cm³/mol. The molecule has 1 amide bonds. The quantitative estimate of drug-likeness (QED) is 0.433. The van der Waals surface area contributed by atoms with E-state index in [9.17, 15) is 22.4 Å². The van der Waals surface area contributed by atoms with E-state index in [2.05, 4.69) is 5.10 Å². The molecule has 1 aromatic carbocycles. The van der Waals surface area contributed by atoms with Crippen molar-refractivity contribution in [2.24, 2.45) is 0 Å². The van der Waals surface area contributed by atoms with Crippen LogP contribution in [0.3, 0.4) is 0 Å². The van der Waals surface area contributed by atoms with Gasteiger partial charge >= 0.3 is 6.18 Å². The molecule has 1 heterocycles. The van der Waals surface area contributed by atoms with Crippen LogP contribution in [0.5, 0.6) is 0 Å². The number of nitrogens with one attached hydrogen (secondary N) is 1. The fourth-order valence-electron chi connectivity index (χ4n) is 2.57. The van der Waals surface area contributed by atoms with E-state index in [-0.39, 0.29) is 18.7 Å². The highest BCUT2D eigenvalue weighted by Crippen LogP contribution is 2.24. The number of hydroxylamine groups is 1. The van der Waals surface area contributed by atoms with Crippen molar-refractivity contribution in [3.05, 3.63) is 59.2 Å². The summed E-state index contributed by atoms with van der Waals surface area (Å²) in [6.07, 6.45) is 0.308. The van der Waals surface area contributed by atoms with Gasteiger partial charge in [0.2, 0.25) is 5.91 Å². The molecule has 0 atom stereocenters. The maximum Gasteiger partial charge on any atom is 0.408 e. The van der Waals surface area contributed by atoms with Gasteiger partial charge in [-0.1, -0.05) is 18.2 Å². The summed E-state index contributed by atoms with van der Waals surface area (Å²) in [5, 5.41) is 12.3. The largest absolute Gasteiger partial charge is 0.408 e. The van der Waals surface area contributed by atoms with Crippen molar-refractivity contribution in [2.45, 2.75) is 38.9 Å². The number of aromatic nitrogens is 2. The Hall–Kier alpha value is -2.68. The molecule has 146 valence electrons. The van der Waals surface area contributed by atoms with Gasteiger partial charge in [-0.15, -0.1) is 0 Å². The Balaban J connectivity index is 2.25. The molecule has 0 aliphatic heterocycles. The lowest BCUT2D eigenvalue weighted by molar-refractivity contribution is -0.142. The van der Waals surface area contributed by atoms with E-state index in [1.165, 1.54) is 23.9 Å². The molecule has 1 aromatic heterocycles. The normalized spacial score (nSPS) is 12.3. The van der Waals surface area contributed by atoms with Crippen LogP contribution in [0.1, 0.15) is 29.5 Å². The second-order valence-electron chi connectivity index (χ2n) is 6.03. The van der Waals surface area contributed by atoms with Crippen LogP contribution in [0.25, 0.3) is 5.57 Å². The summed E-state index contributed by atoms with van der Waals surface area (Å²) < 4.78 is 52.0. The van der Waals surface area contributed by atoms with Crippen LogP contribution in [0.4, 0.5) is 17.6 Å². The molecule has 0 radical (unpaired) electrons. The molecule has 0 saturated carbocycles. The van der Waals surface area contributed by atoms with Gasteiger partial charge in [-0.3, -0.25) is 14.7 Å². The van der Waals surface area contributed by atoms with Gasteiger partial charge in [0, 0.05) is 18.2 Å². The summed E-state index contributed by atoms with van der Waals surface area (Å²) in [5.41, 5.74) is 3.73. The molecule has 2 rings (SSSR count). The smallest absolute Gasteiger partial charge is 0.289 e. The number of allylic oxidation sites excluding steroid dienone is 2. The van der Waals surface area contributed by atoms with Gasteiger partial charge in [0.15, 0.2) is 0 Å². The third-order valence-electron chi connectivity index (χ3n) is 4.04. The number of amides is 1. The molecule has 0 aliphatic carbocycles. The second kappa shape index (κ2) is 8.81. The Labute approximate surface area is 153 Å². The zero-order valence-corrected chi connectivity index (χ0v) is 14.6. The van der Waals surface area contributed by atoms with Crippen LogP contribution in [-0.2, 0) is 17.8 Å². The van der Waals surface area contributed by atoms with Crippen molar-refractivity contribution in [2.75, 3.05) is 0 Å². The van der Waals surface area contributed by atoms with E-state index in [0.717, 1.165) is 10.2 Å². The van der Waals surface area contributed by atoms with E-state index >= 15 is 0 Å². The third kappa shape index (κ3) is 6.21. The molecule has 0 bridgehead atoms. The third-order valence-corrected chi connectivity index (χ3v) is 4.04. The minimum atomic E-state index is -4.40.